The summed E-state index contributed by atoms with van der Waals surface area (Å²) in [7, 11) is 0. The molecule has 0 fully saturated rings. The third kappa shape index (κ3) is 1.63. The van der Waals surface area contributed by atoms with Crippen molar-refractivity contribution in [3.63, 3.8) is 0 Å². The van der Waals surface area contributed by atoms with Crippen molar-refractivity contribution in [3.05, 3.63) is 41.6 Å². The molecule has 1 heterocycles. The van der Waals surface area contributed by atoms with Crippen molar-refractivity contribution in [2.75, 3.05) is 5.73 Å². The van der Waals surface area contributed by atoms with Crippen LogP contribution in [0.4, 0.5) is 5.82 Å². The lowest BCUT2D eigenvalue weighted by molar-refractivity contribution is 0.0696. The number of nitrogen functional groups attached to an aromatic ring is 1. The molecule has 5 heteroatoms. The summed E-state index contributed by atoms with van der Waals surface area (Å²) in [6.07, 6.45) is 0. The van der Waals surface area contributed by atoms with Gasteiger partial charge in [0.25, 0.3) is 0 Å². The van der Waals surface area contributed by atoms with Gasteiger partial charge in [-0.05, 0) is 19.1 Å². The maximum Gasteiger partial charge on any atom is 0.337 e. The molecule has 1 aromatic carbocycles. The summed E-state index contributed by atoms with van der Waals surface area (Å²) in [6.45, 7) is 1.82. The number of nitrogens with two attached hydrogens (primary N) is 1. The first kappa shape index (κ1) is 10.2. The number of aromatic carboxylic acids is 1. The van der Waals surface area contributed by atoms with Crippen LogP contribution < -0.4 is 5.73 Å². The molecule has 0 radical (unpaired) electrons. The number of hydrogen-bond donors (Lipinski definition) is 2. The highest BCUT2D eigenvalue weighted by Gasteiger charge is 2.13. The number of rotatable bonds is 2. The molecule has 0 aliphatic heterocycles. The Hall–Kier alpha value is -2.30. The molecule has 0 spiro atoms. The Labute approximate surface area is 92.1 Å². The van der Waals surface area contributed by atoms with Gasteiger partial charge in [-0.2, -0.15) is 5.10 Å². The van der Waals surface area contributed by atoms with Crippen LogP contribution in [0.2, 0.25) is 0 Å². The number of anilines is 1. The van der Waals surface area contributed by atoms with Crippen molar-refractivity contribution in [1.82, 2.24) is 9.78 Å². The second kappa shape index (κ2) is 3.69. The number of benzene rings is 1. The number of carboxylic acid groups (broad SMARTS) is 1. The van der Waals surface area contributed by atoms with Gasteiger partial charge in [0, 0.05) is 11.8 Å². The Morgan fingerprint density at radius 2 is 2.12 bits per heavy atom. The van der Waals surface area contributed by atoms with E-state index in [4.69, 9.17) is 10.8 Å². The molecule has 3 N–H and O–H groups in total. The van der Waals surface area contributed by atoms with Gasteiger partial charge in [-0.1, -0.05) is 12.1 Å². The predicted octanol–water partition coefficient (Wildman–Crippen LogP) is 1.46. The Bertz CT molecular complexity index is 546. The first-order valence-corrected chi connectivity index (χ1v) is 4.74. The van der Waals surface area contributed by atoms with Gasteiger partial charge in [0.1, 0.15) is 5.82 Å². The average Bonchev–Trinajstić information content (AvgIpc) is 2.57. The fourth-order valence-electron chi connectivity index (χ4n) is 1.58. The standard InChI is InChI=1S/C11H11N3O2/c1-7-6-10(12)13-14(7)9-5-3-2-4-8(9)11(15)16/h2-6H,1H3,(H2,12,13)(H,15,16). The lowest BCUT2D eigenvalue weighted by atomic mass is 10.2. The number of carbonyl (C=O) groups is 1. The van der Waals surface area contributed by atoms with Gasteiger partial charge in [0.15, 0.2) is 0 Å². The molecule has 1 aromatic heterocycles. The molecule has 0 saturated carbocycles. The Balaban J connectivity index is 2.64. The summed E-state index contributed by atoms with van der Waals surface area (Å²) in [5, 5.41) is 13.1. The zero-order valence-electron chi connectivity index (χ0n) is 8.71. The maximum absolute atomic E-state index is 11.0. The van der Waals surface area contributed by atoms with Gasteiger partial charge in [-0.15, -0.1) is 0 Å². The topological polar surface area (TPSA) is 81.1 Å². The van der Waals surface area contributed by atoms with Crippen LogP contribution in [-0.4, -0.2) is 20.9 Å². The second-order valence-electron chi connectivity index (χ2n) is 3.44. The monoisotopic (exact) mass is 217 g/mol. The largest absolute Gasteiger partial charge is 0.478 e. The lowest BCUT2D eigenvalue weighted by Gasteiger charge is -2.07. The smallest absolute Gasteiger partial charge is 0.337 e. The van der Waals surface area contributed by atoms with Crippen LogP contribution in [0.1, 0.15) is 16.1 Å². The predicted molar refractivity (Wildman–Crippen MR) is 59.7 cm³/mol. The van der Waals surface area contributed by atoms with Gasteiger partial charge < -0.3 is 10.8 Å². The third-order valence-electron chi connectivity index (χ3n) is 2.27. The minimum absolute atomic E-state index is 0.203. The van der Waals surface area contributed by atoms with Gasteiger partial charge in [0.2, 0.25) is 0 Å². The molecule has 0 atom stereocenters. The molecule has 5 nitrogen and oxygen atoms in total. The van der Waals surface area contributed by atoms with E-state index in [1.165, 1.54) is 10.7 Å². The minimum atomic E-state index is -0.982. The van der Waals surface area contributed by atoms with Crippen LogP contribution in [-0.2, 0) is 0 Å². The molecule has 0 unspecified atom stereocenters. The highest BCUT2D eigenvalue weighted by molar-refractivity contribution is 5.91. The third-order valence-corrected chi connectivity index (χ3v) is 2.27. The SMILES string of the molecule is Cc1cc(N)nn1-c1ccccc1C(=O)O. The highest BCUT2D eigenvalue weighted by atomic mass is 16.4. The fourth-order valence-corrected chi connectivity index (χ4v) is 1.58. The molecule has 0 bridgehead atoms. The molecule has 82 valence electrons. The van der Waals surface area contributed by atoms with Gasteiger partial charge >= 0.3 is 5.97 Å². The summed E-state index contributed by atoms with van der Waals surface area (Å²) in [5.41, 5.74) is 7.08. The number of hydrogen-bond acceptors (Lipinski definition) is 3. The van der Waals surface area contributed by atoms with Gasteiger partial charge in [-0.3, -0.25) is 0 Å². The second-order valence-corrected chi connectivity index (χ2v) is 3.44. The molecule has 0 saturated heterocycles. The van der Waals surface area contributed by atoms with Gasteiger partial charge in [-0.25, -0.2) is 9.48 Å². The summed E-state index contributed by atoms with van der Waals surface area (Å²) in [6, 6.07) is 8.37. The minimum Gasteiger partial charge on any atom is -0.478 e. The fraction of sp³-hybridized carbons (Fsp3) is 0.0909. The van der Waals surface area contributed by atoms with E-state index in [1.54, 1.807) is 24.3 Å². The summed E-state index contributed by atoms with van der Waals surface area (Å²) in [5.74, 6) is -0.609. The zero-order valence-corrected chi connectivity index (χ0v) is 8.71. The van der Waals surface area contributed by atoms with Crippen molar-refractivity contribution in [2.45, 2.75) is 6.92 Å². The molecule has 2 aromatic rings. The number of carboxylic acids is 1. The van der Waals surface area contributed by atoms with Crippen LogP contribution in [0.3, 0.4) is 0 Å². The quantitative estimate of drug-likeness (QED) is 0.797. The number of aryl methyl sites for hydroxylation is 1. The first-order chi connectivity index (χ1) is 7.59. The van der Waals surface area contributed by atoms with E-state index >= 15 is 0 Å². The van der Waals surface area contributed by atoms with E-state index in [2.05, 4.69) is 5.10 Å². The normalized spacial score (nSPS) is 10.3. The van der Waals surface area contributed by atoms with Crippen molar-refractivity contribution in [2.24, 2.45) is 0 Å². The van der Waals surface area contributed by atoms with Crippen molar-refractivity contribution < 1.29 is 9.90 Å². The molecule has 0 amide bonds. The number of para-hydroxylation sites is 1. The van der Waals surface area contributed by atoms with Crippen LogP contribution >= 0.6 is 0 Å². The van der Waals surface area contributed by atoms with Gasteiger partial charge in [0.05, 0.1) is 11.3 Å². The van der Waals surface area contributed by atoms with Crippen LogP contribution in [0, 0.1) is 6.92 Å². The number of nitrogens with zero attached hydrogens (tertiary/aromatic N) is 2. The lowest BCUT2D eigenvalue weighted by Crippen LogP contribution is -2.07. The Morgan fingerprint density at radius 3 is 2.69 bits per heavy atom. The highest BCUT2D eigenvalue weighted by Crippen LogP contribution is 2.17. The van der Waals surface area contributed by atoms with E-state index in [0.29, 0.717) is 11.5 Å². The molecule has 0 aliphatic rings. The molecular weight excluding hydrogens is 206 g/mol. The zero-order chi connectivity index (χ0) is 11.7. The van der Waals surface area contributed by atoms with E-state index in [1.807, 2.05) is 6.92 Å². The van der Waals surface area contributed by atoms with Crippen LogP contribution in [0.5, 0.6) is 0 Å². The summed E-state index contributed by atoms with van der Waals surface area (Å²) >= 11 is 0. The first-order valence-electron chi connectivity index (χ1n) is 4.74. The van der Waals surface area contributed by atoms with Crippen LogP contribution in [0.15, 0.2) is 30.3 Å². The van der Waals surface area contributed by atoms with Crippen molar-refractivity contribution >= 4 is 11.8 Å². The average molecular weight is 217 g/mol. The van der Waals surface area contributed by atoms with Crippen molar-refractivity contribution in [3.8, 4) is 5.69 Å². The summed E-state index contributed by atoms with van der Waals surface area (Å²) in [4.78, 5) is 11.0. The van der Waals surface area contributed by atoms with Crippen LogP contribution in [0.25, 0.3) is 5.69 Å². The number of aromatic nitrogens is 2. The Kier molecular flexibility index (Phi) is 2.36. The van der Waals surface area contributed by atoms with E-state index < -0.39 is 5.97 Å². The van der Waals surface area contributed by atoms with E-state index in [0.717, 1.165) is 5.69 Å². The van der Waals surface area contributed by atoms with E-state index in [-0.39, 0.29) is 5.56 Å². The molecule has 0 aliphatic carbocycles. The van der Waals surface area contributed by atoms with Crippen molar-refractivity contribution in [1.29, 1.82) is 0 Å². The molecule has 2 rings (SSSR count). The van der Waals surface area contributed by atoms with E-state index in [9.17, 15) is 4.79 Å². The summed E-state index contributed by atoms with van der Waals surface area (Å²) < 4.78 is 1.53. The Morgan fingerprint density at radius 1 is 1.44 bits per heavy atom. The molecular formula is C11H11N3O2. The maximum atomic E-state index is 11.0. The molecule has 16 heavy (non-hydrogen) atoms.